The van der Waals surface area contributed by atoms with Gasteiger partial charge in [-0.2, -0.15) is 0 Å². The molecule has 3 atom stereocenters. The van der Waals surface area contributed by atoms with E-state index in [1.165, 1.54) is 0 Å². The van der Waals surface area contributed by atoms with Crippen LogP contribution in [0.4, 0.5) is 5.95 Å². The molecule has 1 saturated carbocycles. The van der Waals surface area contributed by atoms with Crippen molar-refractivity contribution in [2.45, 2.75) is 57.1 Å². The fraction of sp³-hybridized carbons (Fsp3) is 0.750. The van der Waals surface area contributed by atoms with Crippen LogP contribution in [0.3, 0.4) is 0 Å². The molecule has 0 spiro atoms. The fourth-order valence-electron chi connectivity index (χ4n) is 4.49. The normalized spacial score (nSPS) is 28.5. The van der Waals surface area contributed by atoms with Gasteiger partial charge in [-0.05, 0) is 38.5 Å². The summed E-state index contributed by atoms with van der Waals surface area (Å²) in [7, 11) is 1.74. The van der Waals surface area contributed by atoms with Crippen molar-refractivity contribution in [3.63, 3.8) is 0 Å². The van der Waals surface area contributed by atoms with Crippen LogP contribution in [-0.4, -0.2) is 55.4 Å². The third-order valence-corrected chi connectivity index (χ3v) is 6.11. The van der Waals surface area contributed by atoms with Crippen LogP contribution in [0, 0.1) is 5.92 Å². The van der Waals surface area contributed by atoms with Crippen molar-refractivity contribution in [2.75, 3.05) is 38.3 Å². The van der Waals surface area contributed by atoms with Crippen molar-refractivity contribution >= 4 is 11.9 Å². The number of ether oxygens (including phenoxy) is 2. The van der Waals surface area contributed by atoms with Gasteiger partial charge in [0.05, 0.1) is 31.1 Å². The maximum Gasteiger partial charge on any atom is 0.225 e. The average molecular weight is 374 g/mol. The Morgan fingerprint density at radius 3 is 2.93 bits per heavy atom. The second kappa shape index (κ2) is 8.52. The first-order chi connectivity index (χ1) is 13.2. The van der Waals surface area contributed by atoms with Crippen LogP contribution >= 0.6 is 0 Å². The topological polar surface area (TPSA) is 76.6 Å². The molecule has 2 heterocycles. The zero-order valence-corrected chi connectivity index (χ0v) is 16.2. The number of amides is 1. The Labute approximate surface area is 160 Å². The molecule has 1 aromatic heterocycles. The van der Waals surface area contributed by atoms with E-state index in [0.717, 1.165) is 88.5 Å². The van der Waals surface area contributed by atoms with E-state index in [0.29, 0.717) is 0 Å². The first-order valence-electron chi connectivity index (χ1n) is 10.3. The standard InChI is InChI=1S/C20H30N4O3/c1-26-15-5-2-4-14(12-15)19(25)22-17-6-3-7-18-16(17)13-21-20(23-18)24-8-10-27-11-9-24/h13-15,17H,2-12H2,1H3,(H,22,25). The lowest BCUT2D eigenvalue weighted by Crippen LogP contribution is -2.39. The molecule has 1 aromatic rings. The minimum Gasteiger partial charge on any atom is -0.381 e. The van der Waals surface area contributed by atoms with Crippen LogP contribution in [0.5, 0.6) is 0 Å². The molecular weight excluding hydrogens is 344 g/mol. The zero-order valence-electron chi connectivity index (χ0n) is 16.2. The van der Waals surface area contributed by atoms with Gasteiger partial charge in [0.25, 0.3) is 0 Å². The van der Waals surface area contributed by atoms with Crippen LogP contribution < -0.4 is 10.2 Å². The number of aromatic nitrogens is 2. The highest BCUT2D eigenvalue weighted by molar-refractivity contribution is 5.79. The van der Waals surface area contributed by atoms with Crippen molar-refractivity contribution in [1.29, 1.82) is 0 Å². The number of hydrogen-bond acceptors (Lipinski definition) is 6. The number of rotatable bonds is 4. The van der Waals surface area contributed by atoms with Gasteiger partial charge in [0.2, 0.25) is 11.9 Å². The van der Waals surface area contributed by atoms with Gasteiger partial charge >= 0.3 is 0 Å². The molecule has 0 radical (unpaired) electrons. The Kier molecular flexibility index (Phi) is 5.88. The molecule has 3 unspecified atom stereocenters. The van der Waals surface area contributed by atoms with E-state index in [-0.39, 0.29) is 24.0 Å². The molecular formula is C20H30N4O3. The number of carbonyl (C=O) groups excluding carboxylic acids is 1. The lowest BCUT2D eigenvalue weighted by atomic mass is 9.85. The molecule has 2 fully saturated rings. The minimum absolute atomic E-state index is 0.0305. The van der Waals surface area contributed by atoms with E-state index in [4.69, 9.17) is 14.5 Å². The van der Waals surface area contributed by atoms with E-state index in [2.05, 4.69) is 15.2 Å². The number of hydrogen-bond donors (Lipinski definition) is 1. The van der Waals surface area contributed by atoms with Crippen LogP contribution in [-0.2, 0) is 20.7 Å². The highest BCUT2D eigenvalue weighted by Crippen LogP contribution is 2.31. The number of methoxy groups -OCH3 is 1. The Hall–Kier alpha value is -1.73. The monoisotopic (exact) mass is 374 g/mol. The van der Waals surface area contributed by atoms with Crippen molar-refractivity contribution in [3.8, 4) is 0 Å². The Morgan fingerprint density at radius 2 is 2.11 bits per heavy atom. The maximum absolute atomic E-state index is 12.8. The van der Waals surface area contributed by atoms with Gasteiger partial charge in [-0.15, -0.1) is 0 Å². The van der Waals surface area contributed by atoms with Gasteiger partial charge in [-0.25, -0.2) is 9.97 Å². The summed E-state index contributed by atoms with van der Waals surface area (Å²) < 4.78 is 10.9. The highest BCUT2D eigenvalue weighted by Gasteiger charge is 2.31. The molecule has 4 rings (SSSR count). The summed E-state index contributed by atoms with van der Waals surface area (Å²) in [6, 6.07) is 0.0305. The number of fused-ring (bicyclic) bond motifs is 1. The lowest BCUT2D eigenvalue weighted by Gasteiger charge is -2.32. The van der Waals surface area contributed by atoms with Gasteiger partial charge < -0.3 is 19.7 Å². The molecule has 1 amide bonds. The molecule has 27 heavy (non-hydrogen) atoms. The molecule has 7 nitrogen and oxygen atoms in total. The maximum atomic E-state index is 12.8. The summed E-state index contributed by atoms with van der Waals surface area (Å²) >= 11 is 0. The first kappa shape index (κ1) is 18.6. The van der Waals surface area contributed by atoms with Crippen molar-refractivity contribution in [1.82, 2.24) is 15.3 Å². The third-order valence-electron chi connectivity index (χ3n) is 6.11. The first-order valence-corrected chi connectivity index (χ1v) is 10.3. The number of morpholine rings is 1. The van der Waals surface area contributed by atoms with Crippen LogP contribution in [0.1, 0.15) is 55.8 Å². The van der Waals surface area contributed by atoms with Crippen LogP contribution in [0.25, 0.3) is 0 Å². The van der Waals surface area contributed by atoms with Crippen molar-refractivity contribution in [3.05, 3.63) is 17.5 Å². The molecule has 1 saturated heterocycles. The minimum atomic E-state index is 0.0305. The van der Waals surface area contributed by atoms with Gasteiger partial charge in [0, 0.05) is 37.9 Å². The molecule has 0 bridgehead atoms. The summed E-state index contributed by atoms with van der Waals surface area (Å²) in [5.41, 5.74) is 2.17. The van der Waals surface area contributed by atoms with E-state index in [1.807, 2.05) is 6.20 Å². The summed E-state index contributed by atoms with van der Waals surface area (Å²) in [6.07, 6.45) is 9.00. The van der Waals surface area contributed by atoms with Gasteiger partial charge in [-0.3, -0.25) is 4.79 Å². The van der Waals surface area contributed by atoms with E-state index >= 15 is 0 Å². The molecule has 1 aliphatic heterocycles. The highest BCUT2D eigenvalue weighted by atomic mass is 16.5. The Balaban J connectivity index is 1.44. The number of nitrogens with one attached hydrogen (secondary N) is 1. The summed E-state index contributed by atoms with van der Waals surface area (Å²) in [4.78, 5) is 24.4. The summed E-state index contributed by atoms with van der Waals surface area (Å²) in [5, 5.41) is 3.28. The number of nitrogens with zero attached hydrogens (tertiary/aromatic N) is 3. The average Bonchev–Trinajstić information content (AvgIpc) is 2.74. The molecule has 148 valence electrons. The van der Waals surface area contributed by atoms with E-state index < -0.39 is 0 Å². The van der Waals surface area contributed by atoms with Crippen molar-refractivity contribution in [2.24, 2.45) is 5.92 Å². The summed E-state index contributed by atoms with van der Waals surface area (Å²) in [6.45, 7) is 3.12. The van der Waals surface area contributed by atoms with Crippen molar-refractivity contribution < 1.29 is 14.3 Å². The lowest BCUT2D eigenvalue weighted by molar-refractivity contribution is -0.128. The third kappa shape index (κ3) is 4.24. The largest absolute Gasteiger partial charge is 0.381 e. The number of anilines is 1. The second-order valence-corrected chi connectivity index (χ2v) is 7.85. The number of aryl methyl sites for hydroxylation is 1. The van der Waals surface area contributed by atoms with Gasteiger partial charge in [0.1, 0.15) is 0 Å². The molecule has 1 N–H and O–H groups in total. The van der Waals surface area contributed by atoms with Crippen LogP contribution in [0.15, 0.2) is 6.20 Å². The molecule has 3 aliphatic rings. The van der Waals surface area contributed by atoms with Crippen LogP contribution in [0.2, 0.25) is 0 Å². The smallest absolute Gasteiger partial charge is 0.225 e. The Bertz CT molecular complexity index is 663. The quantitative estimate of drug-likeness (QED) is 0.869. The molecule has 2 aliphatic carbocycles. The fourth-order valence-corrected chi connectivity index (χ4v) is 4.49. The van der Waals surface area contributed by atoms with Gasteiger partial charge in [-0.1, -0.05) is 6.42 Å². The second-order valence-electron chi connectivity index (χ2n) is 7.85. The van der Waals surface area contributed by atoms with E-state index in [1.54, 1.807) is 7.11 Å². The predicted octanol–water partition coefficient (Wildman–Crippen LogP) is 2.01. The Morgan fingerprint density at radius 1 is 1.26 bits per heavy atom. The summed E-state index contributed by atoms with van der Waals surface area (Å²) in [5.74, 6) is 1.01. The van der Waals surface area contributed by atoms with Gasteiger partial charge in [0.15, 0.2) is 0 Å². The molecule has 7 heteroatoms. The number of carbonyl (C=O) groups is 1. The predicted molar refractivity (Wildman–Crippen MR) is 102 cm³/mol. The van der Waals surface area contributed by atoms with E-state index in [9.17, 15) is 4.79 Å². The molecule has 0 aromatic carbocycles. The zero-order chi connectivity index (χ0) is 18.6. The SMILES string of the molecule is COC1CCCC(C(=O)NC2CCCc3nc(N4CCOCC4)ncc32)C1.